The number of fused-ring (bicyclic) bond motifs is 1. The van der Waals surface area contributed by atoms with Crippen molar-refractivity contribution in [2.45, 2.75) is 13.1 Å². The Morgan fingerprint density at radius 2 is 1.86 bits per heavy atom. The van der Waals surface area contributed by atoms with Crippen LogP contribution in [0.3, 0.4) is 0 Å². The number of aromatic nitrogens is 2. The molecule has 3 aromatic rings. The average Bonchev–Trinajstić information content (AvgIpc) is 2.73. The fraction of sp³-hybridized carbons (Fsp3) is 0.190. The van der Waals surface area contributed by atoms with Crippen molar-refractivity contribution in [1.82, 2.24) is 9.55 Å². The standard InChI is InChI=1S/C21H21N5O3/c1-13-12-18(27)26-19(16-6-4-5-7-17(16)29-3)24-20(25-21(26)22-13)23-14-8-10-15(28-2)11-9-14/h4-12,19H,1-3H3,(H2,22,23,24,25)/p+1/t19-/m0/s1. The topological polar surface area (TPSA) is 91.4 Å². The summed E-state index contributed by atoms with van der Waals surface area (Å²) in [5, 5.41) is 6.46. The van der Waals surface area contributed by atoms with Gasteiger partial charge in [0.25, 0.3) is 11.5 Å². The van der Waals surface area contributed by atoms with E-state index in [-0.39, 0.29) is 5.56 Å². The number of benzene rings is 2. The van der Waals surface area contributed by atoms with Crippen molar-refractivity contribution in [3.63, 3.8) is 0 Å². The van der Waals surface area contributed by atoms with E-state index >= 15 is 0 Å². The number of methoxy groups -OCH3 is 2. The molecular formula is C21H22N5O3+. The minimum Gasteiger partial charge on any atom is -0.497 e. The number of nitrogens with zero attached hydrogens (tertiary/aromatic N) is 2. The zero-order valence-corrected chi connectivity index (χ0v) is 16.4. The highest BCUT2D eigenvalue weighted by molar-refractivity contribution is 5.99. The van der Waals surface area contributed by atoms with E-state index in [4.69, 9.17) is 9.47 Å². The number of para-hydroxylation sites is 1. The third-order valence-electron chi connectivity index (χ3n) is 4.65. The molecule has 2 heterocycles. The Kier molecular flexibility index (Phi) is 4.90. The van der Waals surface area contributed by atoms with Crippen LogP contribution in [0, 0.1) is 6.92 Å². The molecule has 0 unspecified atom stereocenters. The van der Waals surface area contributed by atoms with E-state index in [0.717, 1.165) is 17.0 Å². The van der Waals surface area contributed by atoms with Crippen LogP contribution in [0.1, 0.15) is 17.4 Å². The van der Waals surface area contributed by atoms with E-state index in [0.29, 0.717) is 23.4 Å². The number of hydrogen-bond acceptors (Lipinski definition) is 6. The van der Waals surface area contributed by atoms with Crippen molar-refractivity contribution < 1.29 is 14.5 Å². The van der Waals surface area contributed by atoms with Crippen molar-refractivity contribution in [3.8, 4) is 11.5 Å². The molecule has 8 heteroatoms. The van der Waals surface area contributed by atoms with Gasteiger partial charge in [-0.15, -0.1) is 0 Å². The van der Waals surface area contributed by atoms with Crippen LogP contribution < -0.4 is 30.7 Å². The fourth-order valence-electron chi connectivity index (χ4n) is 3.29. The molecule has 148 valence electrons. The number of hydrogen-bond donors (Lipinski definition) is 3. The van der Waals surface area contributed by atoms with Gasteiger partial charge in [0, 0.05) is 11.8 Å². The van der Waals surface area contributed by atoms with E-state index in [1.54, 1.807) is 25.7 Å². The van der Waals surface area contributed by atoms with Gasteiger partial charge in [-0.25, -0.2) is 20.2 Å². The highest BCUT2D eigenvalue weighted by atomic mass is 16.5. The molecule has 0 saturated carbocycles. The van der Waals surface area contributed by atoms with Crippen LogP contribution in [0.4, 0.5) is 11.6 Å². The van der Waals surface area contributed by atoms with Gasteiger partial charge in [-0.3, -0.25) is 9.79 Å². The molecule has 0 bridgehead atoms. The summed E-state index contributed by atoms with van der Waals surface area (Å²) in [6.07, 6.45) is -0.497. The maximum Gasteiger partial charge on any atom is 0.357 e. The molecule has 0 fully saturated rings. The number of nitrogens with one attached hydrogen (secondary N) is 3. The summed E-state index contributed by atoms with van der Waals surface area (Å²) in [5.74, 6) is 2.49. The summed E-state index contributed by atoms with van der Waals surface area (Å²) in [4.78, 5) is 20.6. The normalized spacial score (nSPS) is 15.0. The molecule has 4 rings (SSSR count). The second-order valence-corrected chi connectivity index (χ2v) is 6.57. The summed E-state index contributed by atoms with van der Waals surface area (Å²) in [7, 11) is 3.24. The second-order valence-electron chi connectivity index (χ2n) is 6.57. The van der Waals surface area contributed by atoms with E-state index in [1.807, 2.05) is 48.5 Å². The Balaban J connectivity index is 1.79. The first-order chi connectivity index (χ1) is 14.1. The zero-order valence-electron chi connectivity index (χ0n) is 16.4. The Morgan fingerprint density at radius 1 is 1.10 bits per heavy atom. The monoisotopic (exact) mass is 392 g/mol. The zero-order chi connectivity index (χ0) is 20.4. The second kappa shape index (κ2) is 7.67. The van der Waals surface area contributed by atoms with Gasteiger partial charge in [0.15, 0.2) is 6.17 Å². The molecule has 0 amide bonds. The summed E-state index contributed by atoms with van der Waals surface area (Å²) in [6.45, 7) is 1.79. The van der Waals surface area contributed by atoms with Crippen molar-refractivity contribution >= 4 is 17.6 Å². The van der Waals surface area contributed by atoms with Gasteiger partial charge in [-0.2, -0.15) is 0 Å². The van der Waals surface area contributed by atoms with Crippen molar-refractivity contribution in [1.29, 1.82) is 0 Å². The molecule has 0 radical (unpaired) electrons. The van der Waals surface area contributed by atoms with E-state index < -0.39 is 6.17 Å². The minimum atomic E-state index is -0.497. The molecule has 0 aliphatic carbocycles. The Hall–Kier alpha value is -3.81. The molecule has 8 nitrogen and oxygen atoms in total. The molecular weight excluding hydrogens is 370 g/mol. The average molecular weight is 392 g/mol. The maximum absolute atomic E-state index is 12.8. The Morgan fingerprint density at radius 3 is 2.59 bits per heavy atom. The minimum absolute atomic E-state index is 0.160. The lowest BCUT2D eigenvalue weighted by molar-refractivity contribution is -0.520. The van der Waals surface area contributed by atoms with Crippen LogP contribution in [0.15, 0.2) is 59.4 Å². The van der Waals surface area contributed by atoms with E-state index in [9.17, 15) is 4.79 Å². The van der Waals surface area contributed by atoms with Gasteiger partial charge < -0.3 is 9.47 Å². The van der Waals surface area contributed by atoms with Gasteiger partial charge >= 0.3 is 5.96 Å². The van der Waals surface area contributed by atoms with Crippen molar-refractivity contribution in [2.24, 2.45) is 0 Å². The lowest BCUT2D eigenvalue weighted by atomic mass is 10.1. The largest absolute Gasteiger partial charge is 0.497 e. The smallest absolute Gasteiger partial charge is 0.357 e. The van der Waals surface area contributed by atoms with Crippen LogP contribution in [0.2, 0.25) is 0 Å². The van der Waals surface area contributed by atoms with Crippen LogP contribution in [-0.2, 0) is 0 Å². The van der Waals surface area contributed by atoms with Crippen LogP contribution in [-0.4, -0.2) is 29.7 Å². The molecule has 0 saturated heterocycles. The third-order valence-corrected chi connectivity index (χ3v) is 4.65. The van der Waals surface area contributed by atoms with E-state index in [2.05, 4.69) is 20.6 Å². The lowest BCUT2D eigenvalue weighted by Gasteiger charge is -2.24. The summed E-state index contributed by atoms with van der Waals surface area (Å²) in [6, 6.07) is 16.6. The van der Waals surface area contributed by atoms with Gasteiger partial charge in [0.05, 0.1) is 25.5 Å². The summed E-state index contributed by atoms with van der Waals surface area (Å²) < 4.78 is 12.3. The van der Waals surface area contributed by atoms with E-state index in [1.165, 1.54) is 6.07 Å². The van der Waals surface area contributed by atoms with Gasteiger partial charge in [-0.05, 0) is 43.3 Å². The molecule has 1 aliphatic rings. The maximum atomic E-state index is 12.8. The van der Waals surface area contributed by atoms with Gasteiger partial charge in [0.1, 0.15) is 11.5 Å². The first kappa shape index (κ1) is 18.5. The van der Waals surface area contributed by atoms with Crippen molar-refractivity contribution in [3.05, 3.63) is 76.2 Å². The first-order valence-corrected chi connectivity index (χ1v) is 9.13. The first-order valence-electron chi connectivity index (χ1n) is 9.13. The molecule has 29 heavy (non-hydrogen) atoms. The predicted octanol–water partition coefficient (Wildman–Crippen LogP) is 1.09. The lowest BCUT2D eigenvalue weighted by Crippen LogP contribution is -2.82. The molecule has 3 N–H and O–H groups in total. The predicted molar refractivity (Wildman–Crippen MR) is 111 cm³/mol. The quantitative estimate of drug-likeness (QED) is 0.616. The number of aryl methyl sites for hydroxylation is 1. The Labute approximate surface area is 167 Å². The number of anilines is 2. The molecule has 1 aromatic heterocycles. The number of ether oxygens (including phenoxy) is 2. The van der Waals surface area contributed by atoms with Gasteiger partial charge in [-0.1, -0.05) is 12.1 Å². The number of rotatable bonds is 4. The summed E-state index contributed by atoms with van der Waals surface area (Å²) >= 11 is 0. The highest BCUT2D eigenvalue weighted by Crippen LogP contribution is 2.25. The number of guanidine groups is 1. The molecule has 1 atom stereocenters. The SMILES string of the molecule is COc1ccc(NC2=[NH+][C@H](c3ccccc3OC)n3c(nc(C)cc3=O)N2)cc1. The Bertz CT molecular complexity index is 1120. The fourth-order valence-corrected chi connectivity index (χ4v) is 3.29. The highest BCUT2D eigenvalue weighted by Gasteiger charge is 2.30. The summed E-state index contributed by atoms with van der Waals surface area (Å²) in [5.41, 5.74) is 2.15. The van der Waals surface area contributed by atoms with Crippen molar-refractivity contribution in [2.75, 3.05) is 24.9 Å². The van der Waals surface area contributed by atoms with Crippen LogP contribution in [0.25, 0.3) is 0 Å². The van der Waals surface area contributed by atoms with Gasteiger partial charge in [0.2, 0.25) is 0 Å². The van der Waals surface area contributed by atoms with Crippen LogP contribution in [0.5, 0.6) is 11.5 Å². The molecule has 2 aromatic carbocycles. The molecule has 0 spiro atoms. The third kappa shape index (κ3) is 3.64. The molecule has 1 aliphatic heterocycles. The van der Waals surface area contributed by atoms with Crippen LogP contribution >= 0.6 is 0 Å².